The Morgan fingerprint density at radius 2 is 1.88 bits per heavy atom. The number of rotatable bonds is 1. The third-order valence-electron chi connectivity index (χ3n) is 3.29. The van der Waals surface area contributed by atoms with Crippen LogP contribution in [0.3, 0.4) is 0 Å². The zero-order valence-electron chi connectivity index (χ0n) is 10.1. The topological polar surface area (TPSA) is 72.3 Å². The molecule has 2 rings (SSSR count). The molecule has 17 heavy (non-hydrogen) atoms. The van der Waals surface area contributed by atoms with Gasteiger partial charge in [-0.2, -0.15) is 0 Å². The zero-order valence-corrected chi connectivity index (χ0v) is 10.1. The van der Waals surface area contributed by atoms with E-state index >= 15 is 0 Å². The van der Waals surface area contributed by atoms with E-state index in [0.717, 1.165) is 19.4 Å². The van der Waals surface area contributed by atoms with Crippen LogP contribution in [-0.2, 0) is 0 Å². The summed E-state index contributed by atoms with van der Waals surface area (Å²) in [5.41, 5.74) is 13.1. The van der Waals surface area contributed by atoms with E-state index in [-0.39, 0.29) is 5.91 Å². The molecule has 0 aliphatic carbocycles. The second-order valence-corrected chi connectivity index (χ2v) is 4.73. The summed E-state index contributed by atoms with van der Waals surface area (Å²) in [6.07, 6.45) is 3.35. The SMILES string of the molecule is CC1CCCCN1C(=O)c1cc(N)cc(N)c1. The molecule has 1 aromatic carbocycles. The minimum atomic E-state index is 0.0381. The minimum absolute atomic E-state index is 0.0381. The molecule has 1 aromatic rings. The summed E-state index contributed by atoms with van der Waals surface area (Å²) in [6.45, 7) is 2.92. The Balaban J connectivity index is 2.23. The molecule has 1 aliphatic heterocycles. The lowest BCUT2D eigenvalue weighted by Crippen LogP contribution is -2.42. The van der Waals surface area contributed by atoms with Gasteiger partial charge in [0.1, 0.15) is 0 Å². The van der Waals surface area contributed by atoms with E-state index < -0.39 is 0 Å². The van der Waals surface area contributed by atoms with Crippen LogP contribution in [0.4, 0.5) is 11.4 Å². The molecule has 4 nitrogen and oxygen atoms in total. The van der Waals surface area contributed by atoms with E-state index in [0.29, 0.717) is 23.0 Å². The quantitative estimate of drug-likeness (QED) is 0.727. The number of nitrogen functional groups attached to an aromatic ring is 2. The number of piperidine rings is 1. The molecule has 1 heterocycles. The number of carbonyl (C=O) groups excluding carboxylic acids is 1. The van der Waals surface area contributed by atoms with Crippen LogP contribution >= 0.6 is 0 Å². The molecule has 4 N–H and O–H groups in total. The molecule has 4 heteroatoms. The van der Waals surface area contributed by atoms with E-state index in [2.05, 4.69) is 6.92 Å². The minimum Gasteiger partial charge on any atom is -0.399 e. The molecular formula is C13H19N3O. The Morgan fingerprint density at radius 1 is 1.24 bits per heavy atom. The predicted octanol–water partition coefficient (Wildman–Crippen LogP) is 1.87. The highest BCUT2D eigenvalue weighted by molar-refractivity contribution is 5.96. The predicted molar refractivity (Wildman–Crippen MR) is 69.6 cm³/mol. The Morgan fingerprint density at radius 3 is 2.47 bits per heavy atom. The van der Waals surface area contributed by atoms with Crippen LogP contribution in [0.15, 0.2) is 18.2 Å². The van der Waals surface area contributed by atoms with Gasteiger partial charge in [-0.05, 0) is 44.4 Å². The molecular weight excluding hydrogens is 214 g/mol. The van der Waals surface area contributed by atoms with Gasteiger partial charge in [-0.3, -0.25) is 4.79 Å². The maximum Gasteiger partial charge on any atom is 0.254 e. The number of carbonyl (C=O) groups is 1. The molecule has 1 atom stereocenters. The Hall–Kier alpha value is -1.71. The molecule has 0 saturated carbocycles. The lowest BCUT2D eigenvalue weighted by molar-refractivity contribution is 0.0635. The summed E-state index contributed by atoms with van der Waals surface area (Å²) < 4.78 is 0. The largest absolute Gasteiger partial charge is 0.399 e. The van der Waals surface area contributed by atoms with Crippen LogP contribution in [0.25, 0.3) is 0 Å². The molecule has 1 fully saturated rings. The van der Waals surface area contributed by atoms with Crippen LogP contribution in [0.2, 0.25) is 0 Å². The molecule has 0 aromatic heterocycles. The van der Waals surface area contributed by atoms with Crippen LogP contribution in [0.5, 0.6) is 0 Å². The lowest BCUT2D eigenvalue weighted by atomic mass is 10.0. The second-order valence-electron chi connectivity index (χ2n) is 4.73. The van der Waals surface area contributed by atoms with Crippen molar-refractivity contribution in [3.8, 4) is 0 Å². The number of nitrogens with zero attached hydrogens (tertiary/aromatic N) is 1. The highest BCUT2D eigenvalue weighted by Gasteiger charge is 2.24. The van der Waals surface area contributed by atoms with Crippen LogP contribution in [-0.4, -0.2) is 23.4 Å². The van der Waals surface area contributed by atoms with E-state index in [1.54, 1.807) is 18.2 Å². The normalized spacial score (nSPS) is 20.3. The number of anilines is 2. The fourth-order valence-corrected chi connectivity index (χ4v) is 2.37. The zero-order chi connectivity index (χ0) is 12.4. The number of hydrogen-bond donors (Lipinski definition) is 2. The molecule has 0 spiro atoms. The van der Waals surface area contributed by atoms with Gasteiger partial charge in [-0.25, -0.2) is 0 Å². The van der Waals surface area contributed by atoms with Crippen molar-refractivity contribution < 1.29 is 4.79 Å². The van der Waals surface area contributed by atoms with Crippen LogP contribution in [0.1, 0.15) is 36.5 Å². The molecule has 1 amide bonds. The fourth-order valence-electron chi connectivity index (χ4n) is 2.37. The highest BCUT2D eigenvalue weighted by Crippen LogP contribution is 2.21. The van der Waals surface area contributed by atoms with Gasteiger partial charge >= 0.3 is 0 Å². The van der Waals surface area contributed by atoms with Crippen molar-refractivity contribution in [3.63, 3.8) is 0 Å². The van der Waals surface area contributed by atoms with Crippen LogP contribution < -0.4 is 11.5 Å². The Kier molecular flexibility index (Phi) is 3.22. The van der Waals surface area contributed by atoms with E-state index in [4.69, 9.17) is 11.5 Å². The van der Waals surface area contributed by atoms with E-state index in [1.165, 1.54) is 6.42 Å². The van der Waals surface area contributed by atoms with Crippen molar-refractivity contribution in [1.29, 1.82) is 0 Å². The summed E-state index contributed by atoms with van der Waals surface area (Å²) in [6, 6.07) is 5.36. The summed E-state index contributed by atoms with van der Waals surface area (Å²) in [4.78, 5) is 14.2. The Labute approximate surface area is 102 Å². The number of likely N-dealkylation sites (tertiary alicyclic amines) is 1. The van der Waals surface area contributed by atoms with E-state index in [1.807, 2.05) is 4.90 Å². The lowest BCUT2D eigenvalue weighted by Gasteiger charge is -2.33. The number of hydrogen-bond acceptors (Lipinski definition) is 3. The first-order valence-corrected chi connectivity index (χ1v) is 6.05. The first-order valence-electron chi connectivity index (χ1n) is 6.05. The molecule has 1 saturated heterocycles. The summed E-state index contributed by atoms with van der Waals surface area (Å²) in [7, 11) is 0. The summed E-state index contributed by atoms with van der Waals surface area (Å²) >= 11 is 0. The number of nitrogens with two attached hydrogens (primary N) is 2. The smallest absolute Gasteiger partial charge is 0.254 e. The summed E-state index contributed by atoms with van der Waals surface area (Å²) in [5.74, 6) is 0.0381. The van der Waals surface area contributed by atoms with E-state index in [9.17, 15) is 4.79 Å². The average Bonchev–Trinajstić information content (AvgIpc) is 2.27. The van der Waals surface area contributed by atoms with Gasteiger partial charge in [0.05, 0.1) is 0 Å². The maximum atomic E-state index is 12.3. The molecule has 92 valence electrons. The van der Waals surface area contributed by atoms with Gasteiger partial charge in [0.25, 0.3) is 5.91 Å². The van der Waals surface area contributed by atoms with Gasteiger partial charge in [0, 0.05) is 29.5 Å². The first-order chi connectivity index (χ1) is 8.08. The molecule has 1 aliphatic rings. The van der Waals surface area contributed by atoms with Crippen molar-refractivity contribution in [2.75, 3.05) is 18.0 Å². The Bertz CT molecular complexity index is 410. The number of benzene rings is 1. The third kappa shape index (κ3) is 2.52. The standard InChI is InChI=1S/C13H19N3O/c1-9-4-2-3-5-16(9)13(17)10-6-11(14)8-12(15)7-10/h6-9H,2-5,14-15H2,1H3. The first kappa shape index (κ1) is 11.8. The van der Waals surface area contributed by atoms with Crippen molar-refractivity contribution >= 4 is 17.3 Å². The monoisotopic (exact) mass is 233 g/mol. The van der Waals surface area contributed by atoms with Crippen molar-refractivity contribution in [1.82, 2.24) is 4.90 Å². The fraction of sp³-hybridized carbons (Fsp3) is 0.462. The van der Waals surface area contributed by atoms with Gasteiger partial charge in [-0.15, -0.1) is 0 Å². The second kappa shape index (κ2) is 4.65. The van der Waals surface area contributed by atoms with Crippen LogP contribution in [0, 0.1) is 0 Å². The maximum absolute atomic E-state index is 12.3. The van der Waals surface area contributed by atoms with Crippen molar-refractivity contribution in [3.05, 3.63) is 23.8 Å². The van der Waals surface area contributed by atoms with Gasteiger partial charge in [-0.1, -0.05) is 0 Å². The third-order valence-corrected chi connectivity index (χ3v) is 3.29. The molecule has 0 radical (unpaired) electrons. The average molecular weight is 233 g/mol. The van der Waals surface area contributed by atoms with Gasteiger partial charge in [0.2, 0.25) is 0 Å². The van der Waals surface area contributed by atoms with Crippen molar-refractivity contribution in [2.45, 2.75) is 32.2 Å². The van der Waals surface area contributed by atoms with Gasteiger partial charge in [0.15, 0.2) is 0 Å². The highest BCUT2D eigenvalue weighted by atomic mass is 16.2. The molecule has 0 bridgehead atoms. The summed E-state index contributed by atoms with van der Waals surface area (Å²) in [5, 5.41) is 0. The molecule has 1 unspecified atom stereocenters. The van der Waals surface area contributed by atoms with Crippen molar-refractivity contribution in [2.24, 2.45) is 0 Å². The number of amides is 1. The van der Waals surface area contributed by atoms with Gasteiger partial charge < -0.3 is 16.4 Å².